The zero-order chi connectivity index (χ0) is 11.9. The molecule has 0 radical (unpaired) electrons. The zero-order valence-corrected chi connectivity index (χ0v) is 10.8. The van der Waals surface area contributed by atoms with E-state index in [1.807, 2.05) is 66.8 Å². The van der Waals surface area contributed by atoms with Crippen molar-refractivity contribution >= 4 is 5.76 Å². The Kier molecular flexibility index (Phi) is 5.92. The van der Waals surface area contributed by atoms with Crippen molar-refractivity contribution in [1.29, 1.82) is 0 Å². The first-order valence-electron chi connectivity index (χ1n) is 5.46. The predicted octanol–water partition coefficient (Wildman–Crippen LogP) is 3.81. The van der Waals surface area contributed by atoms with Crippen molar-refractivity contribution in [1.82, 2.24) is 4.98 Å². The molecule has 18 heavy (non-hydrogen) atoms. The summed E-state index contributed by atoms with van der Waals surface area (Å²) in [6.07, 6.45) is 9.32. The first-order chi connectivity index (χ1) is 8.38. The normalized spacial score (nSPS) is 11.7. The quantitative estimate of drug-likeness (QED) is 0.465. The van der Waals surface area contributed by atoms with Gasteiger partial charge in [0.1, 0.15) is 5.76 Å². The minimum Gasteiger partial charge on any atom is -0.505 e. The second-order valence-electron chi connectivity index (χ2n) is 3.57. The molecule has 0 amide bonds. The van der Waals surface area contributed by atoms with Crippen LogP contribution in [0.4, 0.5) is 0 Å². The molecule has 1 aliphatic rings. The van der Waals surface area contributed by atoms with Crippen LogP contribution in [0.25, 0.3) is 5.76 Å². The van der Waals surface area contributed by atoms with E-state index in [0.29, 0.717) is 5.76 Å². The Hall–Kier alpha value is -1.83. The molecule has 1 heterocycles. The third-order valence-electron chi connectivity index (χ3n) is 2.34. The van der Waals surface area contributed by atoms with Gasteiger partial charge in [0.25, 0.3) is 0 Å². The Labute approximate surface area is 117 Å². The van der Waals surface area contributed by atoms with Crippen LogP contribution in [0.15, 0.2) is 78.5 Å². The largest absolute Gasteiger partial charge is 0.505 e. The molecule has 94 valence electrons. The molecule has 0 aliphatic heterocycles. The molecule has 2 aromatic rings. The maximum absolute atomic E-state index is 9.66. The van der Waals surface area contributed by atoms with Gasteiger partial charge in [0.2, 0.25) is 0 Å². The Balaban J connectivity index is 0.000000230. The van der Waals surface area contributed by atoms with Crippen LogP contribution < -0.4 is 0 Å². The van der Waals surface area contributed by atoms with E-state index in [1.54, 1.807) is 6.20 Å². The van der Waals surface area contributed by atoms with E-state index in [1.165, 1.54) is 0 Å². The molecular weight excluding hydrogens is 266 g/mol. The van der Waals surface area contributed by atoms with Crippen LogP contribution in [0.2, 0.25) is 0 Å². The minimum atomic E-state index is 0. The number of hydrogen-bond donors (Lipinski definition) is 2. The van der Waals surface area contributed by atoms with Gasteiger partial charge in [0.15, 0.2) is 0 Å². The summed E-state index contributed by atoms with van der Waals surface area (Å²) in [5.74, 6) is 0.296. The fraction of sp³-hybridized carbons (Fsp3) is 0. The molecule has 0 fully saturated rings. The van der Waals surface area contributed by atoms with Gasteiger partial charge in [0, 0.05) is 28.8 Å². The van der Waals surface area contributed by atoms with Gasteiger partial charge in [-0.15, -0.1) is 0 Å². The Morgan fingerprint density at radius 2 is 1.72 bits per heavy atom. The topological polar surface area (TPSA) is 36.0 Å². The van der Waals surface area contributed by atoms with Gasteiger partial charge >= 0.3 is 0 Å². The van der Waals surface area contributed by atoms with Gasteiger partial charge in [0.05, 0.1) is 5.69 Å². The zero-order valence-electron chi connectivity index (χ0n) is 9.73. The Morgan fingerprint density at radius 1 is 1.06 bits per heavy atom. The molecule has 1 aromatic carbocycles. The van der Waals surface area contributed by atoms with Crippen molar-refractivity contribution in [3.05, 3.63) is 84.2 Å². The van der Waals surface area contributed by atoms with Crippen LogP contribution in [-0.2, 0) is 17.1 Å². The molecule has 0 atom stereocenters. The Morgan fingerprint density at radius 3 is 2.17 bits per heavy atom. The summed E-state index contributed by atoms with van der Waals surface area (Å²) in [5, 5.41) is 9.66. The van der Waals surface area contributed by atoms with Crippen LogP contribution in [-0.4, -0.2) is 10.1 Å². The van der Waals surface area contributed by atoms with E-state index in [-0.39, 0.29) is 17.1 Å². The molecular formula is C15H14FeNO-. The van der Waals surface area contributed by atoms with Crippen LogP contribution >= 0.6 is 0 Å². The summed E-state index contributed by atoms with van der Waals surface area (Å²) < 4.78 is 0. The van der Waals surface area contributed by atoms with E-state index in [4.69, 9.17) is 0 Å². The third-order valence-corrected chi connectivity index (χ3v) is 2.34. The van der Waals surface area contributed by atoms with Crippen molar-refractivity contribution in [2.75, 3.05) is 0 Å². The molecule has 3 rings (SSSR count). The fourth-order valence-electron chi connectivity index (χ4n) is 1.49. The number of nitrogens with one attached hydrogen (secondary N) is 1. The summed E-state index contributed by atoms with van der Waals surface area (Å²) in [6, 6.07) is 13.7. The molecule has 0 saturated carbocycles. The van der Waals surface area contributed by atoms with Crippen LogP contribution in [0, 0.1) is 0 Å². The Bertz CT molecular complexity index is 488. The van der Waals surface area contributed by atoms with Crippen LogP contribution in [0.3, 0.4) is 0 Å². The predicted molar refractivity (Wildman–Crippen MR) is 70.7 cm³/mol. The number of allylic oxidation sites excluding steroid dienone is 5. The summed E-state index contributed by atoms with van der Waals surface area (Å²) >= 11 is 0. The van der Waals surface area contributed by atoms with Crippen LogP contribution in [0.5, 0.6) is 0 Å². The van der Waals surface area contributed by atoms with Gasteiger partial charge in [-0.2, -0.15) is 18.2 Å². The number of aliphatic hydroxyl groups is 1. The molecule has 3 heteroatoms. The maximum atomic E-state index is 9.66. The summed E-state index contributed by atoms with van der Waals surface area (Å²) in [7, 11) is 0. The molecule has 0 unspecified atom stereocenters. The van der Waals surface area contributed by atoms with E-state index in [2.05, 4.69) is 4.98 Å². The van der Waals surface area contributed by atoms with E-state index in [9.17, 15) is 5.11 Å². The smallest absolute Gasteiger partial charge is 0.146 e. The van der Waals surface area contributed by atoms with Crippen molar-refractivity contribution < 1.29 is 22.2 Å². The first kappa shape index (κ1) is 14.2. The molecule has 0 saturated heterocycles. The van der Waals surface area contributed by atoms with E-state index >= 15 is 0 Å². The maximum Gasteiger partial charge on any atom is 0.146 e. The van der Waals surface area contributed by atoms with Gasteiger partial charge in [-0.1, -0.05) is 24.3 Å². The number of rotatable bonds is 1. The fourth-order valence-corrected chi connectivity index (χ4v) is 1.49. The van der Waals surface area contributed by atoms with E-state index < -0.39 is 0 Å². The summed E-state index contributed by atoms with van der Waals surface area (Å²) in [4.78, 5) is 2.94. The number of H-pyrrole nitrogens is 1. The number of hydrogen-bond acceptors (Lipinski definition) is 1. The van der Waals surface area contributed by atoms with Gasteiger partial charge in [-0.3, -0.25) is 0 Å². The number of aromatic amines is 1. The van der Waals surface area contributed by atoms with Crippen LogP contribution in [0.1, 0.15) is 5.69 Å². The monoisotopic (exact) mass is 280 g/mol. The second-order valence-corrected chi connectivity index (χ2v) is 3.57. The van der Waals surface area contributed by atoms with E-state index in [0.717, 1.165) is 11.3 Å². The third kappa shape index (κ3) is 3.88. The van der Waals surface area contributed by atoms with Gasteiger partial charge in [-0.25, -0.2) is 12.1 Å². The van der Waals surface area contributed by atoms with Gasteiger partial charge < -0.3 is 10.1 Å². The number of aromatic nitrogens is 1. The number of aliphatic hydroxyl groups excluding tert-OH is 1. The molecule has 2 N–H and O–H groups in total. The van der Waals surface area contributed by atoms with Crippen molar-refractivity contribution in [3.8, 4) is 0 Å². The SMILES string of the molecule is OC(=C1C=CC=C1)c1ccc[nH]1.[Fe].c1cc[cH-]c1. The standard InChI is InChI=1S/C10H9NO.C5H5.Fe/c12-10(8-4-1-2-5-8)9-6-3-7-11-9;1-2-4-5-3-1;/h1-7,11-12H;1-5H;/q;-1;. The molecule has 2 nitrogen and oxygen atoms in total. The summed E-state index contributed by atoms with van der Waals surface area (Å²) in [6.45, 7) is 0. The molecule has 1 aliphatic carbocycles. The average Bonchev–Trinajstić information content (AvgIpc) is 3.11. The van der Waals surface area contributed by atoms with Crippen molar-refractivity contribution in [2.45, 2.75) is 0 Å². The minimum absolute atomic E-state index is 0. The average molecular weight is 280 g/mol. The molecule has 1 aromatic heterocycles. The molecule has 0 spiro atoms. The molecule has 0 bridgehead atoms. The first-order valence-corrected chi connectivity index (χ1v) is 5.46. The van der Waals surface area contributed by atoms with Gasteiger partial charge in [-0.05, 0) is 12.1 Å². The summed E-state index contributed by atoms with van der Waals surface area (Å²) in [5.41, 5.74) is 1.60. The second kappa shape index (κ2) is 7.49. The van der Waals surface area contributed by atoms with Crippen molar-refractivity contribution in [3.63, 3.8) is 0 Å². The van der Waals surface area contributed by atoms with Crippen molar-refractivity contribution in [2.24, 2.45) is 0 Å².